The predicted octanol–water partition coefficient (Wildman–Crippen LogP) is 1.56. The third-order valence-electron chi connectivity index (χ3n) is 4.24. The molecule has 2 rings (SSSR count). The van der Waals surface area contributed by atoms with Crippen LogP contribution in [0.15, 0.2) is 12.1 Å². The van der Waals surface area contributed by atoms with Crippen LogP contribution in [0.3, 0.4) is 0 Å². The quantitative estimate of drug-likeness (QED) is 0.775. The first kappa shape index (κ1) is 18.8. The van der Waals surface area contributed by atoms with Crippen LogP contribution in [-0.2, 0) is 11.3 Å². The van der Waals surface area contributed by atoms with Crippen molar-refractivity contribution in [2.24, 2.45) is 0 Å². The Morgan fingerprint density at radius 2 is 1.75 bits per heavy atom. The van der Waals surface area contributed by atoms with Crippen LogP contribution in [0.4, 0.5) is 0 Å². The lowest BCUT2D eigenvalue weighted by Gasteiger charge is -2.35. The molecule has 1 saturated heterocycles. The Labute approximate surface area is 148 Å². The average molecular weight is 356 g/mol. The highest BCUT2D eigenvalue weighted by Gasteiger charge is 2.21. The van der Waals surface area contributed by atoms with Crippen molar-refractivity contribution in [3.05, 3.63) is 22.7 Å². The standard InChI is InChI=1S/C17H26ClN3O3/c1-19(2)16(22)12-21-7-5-20(6-8-21)11-13-9-14(18)10-15(23-3)17(13)24-4/h9-10H,5-8,11-12H2,1-4H3. The smallest absolute Gasteiger partial charge is 0.236 e. The first-order chi connectivity index (χ1) is 11.4. The number of carbonyl (C=O) groups is 1. The van der Waals surface area contributed by atoms with E-state index in [1.807, 2.05) is 6.07 Å². The Balaban J connectivity index is 1.97. The van der Waals surface area contributed by atoms with Crippen LogP contribution >= 0.6 is 11.6 Å². The highest BCUT2D eigenvalue weighted by Crippen LogP contribution is 2.35. The lowest BCUT2D eigenvalue weighted by Crippen LogP contribution is -2.48. The molecular formula is C17H26ClN3O3. The van der Waals surface area contributed by atoms with E-state index in [9.17, 15) is 4.79 Å². The van der Waals surface area contributed by atoms with Crippen molar-refractivity contribution in [2.45, 2.75) is 6.54 Å². The van der Waals surface area contributed by atoms with Crippen LogP contribution < -0.4 is 9.47 Å². The summed E-state index contributed by atoms with van der Waals surface area (Å²) < 4.78 is 10.8. The zero-order valence-electron chi connectivity index (χ0n) is 14.8. The normalized spacial score (nSPS) is 16.0. The van der Waals surface area contributed by atoms with Crippen molar-refractivity contribution < 1.29 is 14.3 Å². The molecule has 0 N–H and O–H groups in total. The Morgan fingerprint density at radius 3 is 2.29 bits per heavy atom. The van der Waals surface area contributed by atoms with Gasteiger partial charge >= 0.3 is 0 Å². The Bertz CT molecular complexity index is 572. The number of halogens is 1. The fraction of sp³-hybridized carbons (Fsp3) is 0.588. The number of ether oxygens (including phenoxy) is 2. The van der Waals surface area contributed by atoms with E-state index in [2.05, 4.69) is 9.80 Å². The number of amides is 1. The minimum Gasteiger partial charge on any atom is -0.493 e. The first-order valence-electron chi connectivity index (χ1n) is 8.00. The van der Waals surface area contributed by atoms with Gasteiger partial charge in [0.05, 0.1) is 20.8 Å². The molecule has 1 amide bonds. The molecule has 1 heterocycles. The number of hydrogen-bond donors (Lipinski definition) is 0. The van der Waals surface area contributed by atoms with Crippen molar-refractivity contribution in [3.63, 3.8) is 0 Å². The Kier molecular flexibility index (Phi) is 6.71. The summed E-state index contributed by atoms with van der Waals surface area (Å²) in [6, 6.07) is 3.68. The molecule has 7 heteroatoms. The molecular weight excluding hydrogens is 330 g/mol. The second-order valence-electron chi connectivity index (χ2n) is 6.14. The van der Waals surface area contributed by atoms with E-state index in [4.69, 9.17) is 21.1 Å². The molecule has 0 aliphatic carbocycles. The first-order valence-corrected chi connectivity index (χ1v) is 8.37. The van der Waals surface area contributed by atoms with Gasteiger partial charge in [-0.05, 0) is 6.07 Å². The maximum Gasteiger partial charge on any atom is 0.236 e. The summed E-state index contributed by atoms with van der Waals surface area (Å²) >= 11 is 6.18. The number of carbonyl (C=O) groups excluding carboxylic acids is 1. The molecule has 0 bridgehead atoms. The highest BCUT2D eigenvalue weighted by molar-refractivity contribution is 6.30. The minimum atomic E-state index is 0.143. The molecule has 24 heavy (non-hydrogen) atoms. The molecule has 0 spiro atoms. The summed E-state index contributed by atoms with van der Waals surface area (Å²) in [5.74, 6) is 1.52. The number of piperazine rings is 1. The second kappa shape index (κ2) is 8.55. The molecule has 6 nitrogen and oxygen atoms in total. The van der Waals surface area contributed by atoms with Gasteiger partial charge in [0.15, 0.2) is 11.5 Å². The molecule has 1 aromatic rings. The molecule has 0 aromatic heterocycles. The largest absolute Gasteiger partial charge is 0.493 e. The van der Waals surface area contributed by atoms with E-state index in [1.165, 1.54) is 0 Å². The van der Waals surface area contributed by atoms with E-state index in [1.54, 1.807) is 39.3 Å². The zero-order chi connectivity index (χ0) is 17.7. The monoisotopic (exact) mass is 355 g/mol. The molecule has 134 valence electrons. The maximum absolute atomic E-state index is 11.8. The summed E-state index contributed by atoms with van der Waals surface area (Å²) in [5.41, 5.74) is 1.01. The van der Waals surface area contributed by atoms with Gasteiger partial charge in [-0.3, -0.25) is 14.6 Å². The number of nitrogens with zero attached hydrogens (tertiary/aromatic N) is 3. The summed E-state index contributed by atoms with van der Waals surface area (Å²) in [6.07, 6.45) is 0. The van der Waals surface area contributed by atoms with Crippen LogP contribution in [0.5, 0.6) is 11.5 Å². The lowest BCUT2D eigenvalue weighted by atomic mass is 10.1. The van der Waals surface area contributed by atoms with Crippen LogP contribution in [-0.4, -0.2) is 81.6 Å². The van der Waals surface area contributed by atoms with Crippen molar-refractivity contribution in [1.29, 1.82) is 0 Å². The van der Waals surface area contributed by atoms with Gasteiger partial charge in [0.2, 0.25) is 5.91 Å². The molecule has 0 radical (unpaired) electrons. The van der Waals surface area contributed by atoms with Gasteiger partial charge in [-0.25, -0.2) is 0 Å². The van der Waals surface area contributed by atoms with Crippen LogP contribution in [0.1, 0.15) is 5.56 Å². The topological polar surface area (TPSA) is 45.2 Å². The van der Waals surface area contributed by atoms with E-state index in [0.717, 1.165) is 44.0 Å². The molecule has 1 aromatic carbocycles. The molecule has 1 aliphatic rings. The molecule has 1 aliphatic heterocycles. The summed E-state index contributed by atoms with van der Waals surface area (Å²) in [6.45, 7) is 4.78. The number of hydrogen-bond acceptors (Lipinski definition) is 5. The summed E-state index contributed by atoms with van der Waals surface area (Å²) in [4.78, 5) is 18.0. The number of rotatable bonds is 6. The van der Waals surface area contributed by atoms with Gasteiger partial charge in [0.1, 0.15) is 0 Å². The van der Waals surface area contributed by atoms with E-state index >= 15 is 0 Å². The fourth-order valence-electron chi connectivity index (χ4n) is 2.80. The number of likely N-dealkylation sites (N-methyl/N-ethyl adjacent to an activating group) is 1. The van der Waals surface area contributed by atoms with Crippen molar-refractivity contribution in [1.82, 2.24) is 14.7 Å². The molecule has 0 atom stereocenters. The SMILES string of the molecule is COc1cc(Cl)cc(CN2CCN(CC(=O)N(C)C)CC2)c1OC. The number of benzene rings is 1. The van der Waals surface area contributed by atoms with E-state index in [0.29, 0.717) is 17.3 Å². The Hall–Kier alpha value is -1.50. The van der Waals surface area contributed by atoms with Crippen molar-refractivity contribution in [2.75, 3.05) is 61.0 Å². The van der Waals surface area contributed by atoms with E-state index in [-0.39, 0.29) is 5.91 Å². The van der Waals surface area contributed by atoms with Gasteiger partial charge < -0.3 is 14.4 Å². The van der Waals surface area contributed by atoms with Crippen molar-refractivity contribution >= 4 is 17.5 Å². The number of methoxy groups -OCH3 is 2. The summed E-state index contributed by atoms with van der Waals surface area (Å²) in [5, 5.41) is 0.637. The highest BCUT2D eigenvalue weighted by atomic mass is 35.5. The van der Waals surface area contributed by atoms with Gasteiger partial charge in [-0.1, -0.05) is 11.6 Å². The second-order valence-corrected chi connectivity index (χ2v) is 6.58. The van der Waals surface area contributed by atoms with Gasteiger partial charge in [-0.15, -0.1) is 0 Å². The third kappa shape index (κ3) is 4.75. The maximum atomic E-state index is 11.8. The zero-order valence-corrected chi connectivity index (χ0v) is 15.6. The van der Waals surface area contributed by atoms with Crippen LogP contribution in [0, 0.1) is 0 Å². The minimum absolute atomic E-state index is 0.143. The predicted molar refractivity (Wildman–Crippen MR) is 95.0 cm³/mol. The molecule has 0 saturated carbocycles. The molecule has 1 fully saturated rings. The van der Waals surface area contributed by atoms with Crippen LogP contribution in [0.2, 0.25) is 5.02 Å². The lowest BCUT2D eigenvalue weighted by molar-refractivity contribution is -0.130. The third-order valence-corrected chi connectivity index (χ3v) is 4.46. The van der Waals surface area contributed by atoms with Gasteiger partial charge in [0, 0.05) is 63.5 Å². The fourth-order valence-corrected chi connectivity index (χ4v) is 3.03. The van der Waals surface area contributed by atoms with Gasteiger partial charge in [0.25, 0.3) is 0 Å². The average Bonchev–Trinajstić information content (AvgIpc) is 2.55. The summed E-state index contributed by atoms with van der Waals surface area (Å²) in [7, 11) is 6.83. The van der Waals surface area contributed by atoms with E-state index < -0.39 is 0 Å². The molecule has 0 unspecified atom stereocenters. The van der Waals surface area contributed by atoms with Crippen LogP contribution in [0.25, 0.3) is 0 Å². The van der Waals surface area contributed by atoms with Gasteiger partial charge in [-0.2, -0.15) is 0 Å². The van der Waals surface area contributed by atoms with Crippen molar-refractivity contribution in [3.8, 4) is 11.5 Å². The Morgan fingerprint density at radius 1 is 1.12 bits per heavy atom.